The zero-order valence-corrected chi connectivity index (χ0v) is 7.34. The molecule has 0 saturated heterocycles. The Morgan fingerprint density at radius 3 is 2.33 bits per heavy atom. The summed E-state index contributed by atoms with van der Waals surface area (Å²) in [4.78, 5) is 0.167. The lowest BCUT2D eigenvalue weighted by molar-refractivity contribution is 0.597. The van der Waals surface area contributed by atoms with E-state index in [1.807, 2.05) is 0 Å². The van der Waals surface area contributed by atoms with Crippen LogP contribution in [0.15, 0.2) is 29.2 Å². The third kappa shape index (κ3) is 1.84. The van der Waals surface area contributed by atoms with Crippen molar-refractivity contribution in [2.24, 2.45) is 5.14 Å². The zero-order chi connectivity index (χ0) is 9.19. The van der Waals surface area contributed by atoms with E-state index in [2.05, 4.69) is 6.92 Å². The van der Waals surface area contributed by atoms with Crippen LogP contribution in [0.25, 0.3) is 0 Å². The molecule has 0 spiro atoms. The average molecular weight is 184 g/mol. The van der Waals surface area contributed by atoms with Gasteiger partial charge in [-0.15, -0.1) is 0 Å². The minimum absolute atomic E-state index is 0.167. The molecule has 0 aliphatic rings. The van der Waals surface area contributed by atoms with Gasteiger partial charge in [0.15, 0.2) is 0 Å². The molecule has 0 aromatic heterocycles. The van der Waals surface area contributed by atoms with Crippen molar-refractivity contribution in [2.75, 3.05) is 0 Å². The lowest BCUT2D eigenvalue weighted by atomic mass is 10.2. The van der Waals surface area contributed by atoms with Crippen molar-refractivity contribution in [2.45, 2.75) is 11.3 Å². The summed E-state index contributed by atoms with van der Waals surface area (Å²) in [6, 6.07) is 6.58. The van der Waals surface area contributed by atoms with Crippen LogP contribution in [-0.2, 0) is 16.4 Å². The highest BCUT2D eigenvalue weighted by Gasteiger charge is 2.10. The maximum Gasteiger partial charge on any atom is 0.238 e. The summed E-state index contributed by atoms with van der Waals surface area (Å²) in [6.07, 6.45) is 0.423. The zero-order valence-electron chi connectivity index (χ0n) is 6.53. The van der Waals surface area contributed by atoms with Crippen molar-refractivity contribution >= 4 is 10.0 Å². The molecular formula is C8H10NO2S. The van der Waals surface area contributed by atoms with Crippen LogP contribution in [0.3, 0.4) is 0 Å². The third-order valence-electron chi connectivity index (χ3n) is 1.55. The van der Waals surface area contributed by atoms with Crippen molar-refractivity contribution in [3.05, 3.63) is 36.8 Å². The molecule has 0 amide bonds. The SMILES string of the molecule is [CH2]Cc1ccccc1S(N)(=O)=O. The highest BCUT2D eigenvalue weighted by atomic mass is 32.2. The Morgan fingerprint density at radius 2 is 1.92 bits per heavy atom. The monoisotopic (exact) mass is 184 g/mol. The Labute approximate surface area is 72.3 Å². The second kappa shape index (κ2) is 3.25. The quantitative estimate of drug-likeness (QED) is 0.735. The van der Waals surface area contributed by atoms with Gasteiger partial charge >= 0.3 is 0 Å². The standard InChI is InChI=1S/C8H10NO2S/c1-2-7-5-3-4-6-8(7)12(9,10)11/h3-6H,1-2H2,(H2,9,10,11). The first-order valence-electron chi connectivity index (χ1n) is 3.45. The maximum absolute atomic E-state index is 11.0. The number of primary sulfonamides is 1. The smallest absolute Gasteiger partial charge is 0.225 e. The van der Waals surface area contributed by atoms with Gasteiger partial charge in [0.25, 0.3) is 0 Å². The minimum atomic E-state index is -3.59. The molecule has 4 heteroatoms. The van der Waals surface area contributed by atoms with E-state index in [0.717, 1.165) is 0 Å². The Kier molecular flexibility index (Phi) is 2.49. The minimum Gasteiger partial charge on any atom is -0.225 e. The van der Waals surface area contributed by atoms with E-state index < -0.39 is 10.0 Å². The molecule has 0 atom stereocenters. The predicted molar refractivity (Wildman–Crippen MR) is 46.9 cm³/mol. The summed E-state index contributed by atoms with van der Waals surface area (Å²) in [7, 11) is -3.59. The largest absolute Gasteiger partial charge is 0.238 e. The second-order valence-electron chi connectivity index (χ2n) is 2.40. The lowest BCUT2D eigenvalue weighted by Crippen LogP contribution is -2.14. The van der Waals surface area contributed by atoms with Gasteiger partial charge in [-0.05, 0) is 25.0 Å². The van der Waals surface area contributed by atoms with Crippen LogP contribution in [0, 0.1) is 6.92 Å². The Morgan fingerprint density at radius 1 is 1.33 bits per heavy atom. The maximum atomic E-state index is 11.0. The first kappa shape index (κ1) is 9.22. The van der Waals surface area contributed by atoms with E-state index in [9.17, 15) is 8.42 Å². The Balaban J connectivity index is 3.33. The lowest BCUT2D eigenvalue weighted by Gasteiger charge is -2.03. The van der Waals surface area contributed by atoms with Gasteiger partial charge in [-0.2, -0.15) is 0 Å². The van der Waals surface area contributed by atoms with Gasteiger partial charge < -0.3 is 0 Å². The van der Waals surface area contributed by atoms with Crippen molar-refractivity contribution in [3.8, 4) is 0 Å². The van der Waals surface area contributed by atoms with E-state index in [0.29, 0.717) is 12.0 Å². The van der Waals surface area contributed by atoms with E-state index in [1.54, 1.807) is 18.2 Å². The van der Waals surface area contributed by atoms with Crippen molar-refractivity contribution in [1.29, 1.82) is 0 Å². The second-order valence-corrected chi connectivity index (χ2v) is 3.93. The van der Waals surface area contributed by atoms with Gasteiger partial charge in [-0.1, -0.05) is 18.2 Å². The molecular weight excluding hydrogens is 174 g/mol. The van der Waals surface area contributed by atoms with Crippen molar-refractivity contribution < 1.29 is 8.42 Å². The number of hydrogen-bond donors (Lipinski definition) is 1. The normalized spacial score (nSPS) is 11.5. The van der Waals surface area contributed by atoms with Crippen molar-refractivity contribution in [3.63, 3.8) is 0 Å². The summed E-state index contributed by atoms with van der Waals surface area (Å²) < 4.78 is 21.9. The van der Waals surface area contributed by atoms with Crippen LogP contribution in [0.5, 0.6) is 0 Å². The third-order valence-corrected chi connectivity index (χ3v) is 2.56. The Bertz CT molecular complexity index is 370. The van der Waals surface area contributed by atoms with Crippen molar-refractivity contribution in [1.82, 2.24) is 0 Å². The molecule has 1 aromatic carbocycles. The molecule has 1 aromatic rings. The number of benzene rings is 1. The van der Waals surface area contributed by atoms with Gasteiger partial charge in [0.1, 0.15) is 0 Å². The summed E-state index contributed by atoms with van der Waals surface area (Å²) in [5.74, 6) is 0. The van der Waals surface area contributed by atoms with E-state index >= 15 is 0 Å². The van der Waals surface area contributed by atoms with Gasteiger partial charge in [0.05, 0.1) is 4.90 Å². The molecule has 0 unspecified atom stereocenters. The molecule has 65 valence electrons. The molecule has 0 aliphatic heterocycles. The summed E-state index contributed by atoms with van der Waals surface area (Å²) in [5.41, 5.74) is 0.653. The van der Waals surface area contributed by atoms with Crippen LogP contribution in [0.2, 0.25) is 0 Å². The van der Waals surface area contributed by atoms with Crippen LogP contribution in [0.4, 0.5) is 0 Å². The van der Waals surface area contributed by atoms with E-state index in [-0.39, 0.29) is 4.90 Å². The fourth-order valence-corrected chi connectivity index (χ4v) is 1.79. The summed E-state index contributed by atoms with van der Waals surface area (Å²) in [6.45, 7) is 3.61. The molecule has 0 saturated carbocycles. The molecule has 0 aliphatic carbocycles. The van der Waals surface area contributed by atoms with Crippen LogP contribution in [-0.4, -0.2) is 8.42 Å². The fourth-order valence-electron chi connectivity index (χ4n) is 0.988. The van der Waals surface area contributed by atoms with Gasteiger partial charge in [-0.3, -0.25) is 0 Å². The first-order chi connectivity index (χ1) is 5.55. The van der Waals surface area contributed by atoms with Gasteiger partial charge in [0.2, 0.25) is 10.0 Å². The highest BCUT2D eigenvalue weighted by molar-refractivity contribution is 7.89. The molecule has 0 fully saturated rings. The number of hydrogen-bond acceptors (Lipinski definition) is 2. The van der Waals surface area contributed by atoms with Crippen LogP contribution >= 0.6 is 0 Å². The summed E-state index contributed by atoms with van der Waals surface area (Å²) in [5, 5.41) is 4.98. The Hall–Kier alpha value is -0.870. The van der Waals surface area contributed by atoms with Crippen LogP contribution < -0.4 is 5.14 Å². The van der Waals surface area contributed by atoms with E-state index in [1.165, 1.54) is 6.07 Å². The fraction of sp³-hybridized carbons (Fsp3) is 0.125. The summed E-state index contributed by atoms with van der Waals surface area (Å²) >= 11 is 0. The molecule has 1 radical (unpaired) electrons. The average Bonchev–Trinajstić information content (AvgIpc) is 2.03. The molecule has 2 N–H and O–H groups in total. The van der Waals surface area contributed by atoms with E-state index in [4.69, 9.17) is 5.14 Å². The predicted octanol–water partition coefficient (Wildman–Crippen LogP) is 0.711. The highest BCUT2D eigenvalue weighted by Crippen LogP contribution is 2.13. The number of sulfonamides is 1. The first-order valence-corrected chi connectivity index (χ1v) is 5.00. The molecule has 0 bridgehead atoms. The molecule has 0 heterocycles. The van der Waals surface area contributed by atoms with Crippen LogP contribution in [0.1, 0.15) is 5.56 Å². The van der Waals surface area contributed by atoms with Gasteiger partial charge in [-0.25, -0.2) is 13.6 Å². The molecule has 3 nitrogen and oxygen atoms in total. The molecule has 1 rings (SSSR count). The topological polar surface area (TPSA) is 60.2 Å². The number of rotatable bonds is 2. The number of nitrogens with two attached hydrogens (primary N) is 1. The molecule has 12 heavy (non-hydrogen) atoms. The van der Waals surface area contributed by atoms with Gasteiger partial charge in [0, 0.05) is 0 Å².